The number of piperidine rings is 2. The predicted octanol–water partition coefficient (Wildman–Crippen LogP) is 2.60. The Labute approximate surface area is 147 Å². The summed E-state index contributed by atoms with van der Waals surface area (Å²) in [5.41, 5.74) is -0.357. The maximum absolute atomic E-state index is 13.2. The van der Waals surface area contributed by atoms with Crippen LogP contribution in [0.2, 0.25) is 0 Å². The van der Waals surface area contributed by atoms with Crippen molar-refractivity contribution < 1.29 is 18.7 Å². The third-order valence-corrected chi connectivity index (χ3v) is 5.52. The minimum Gasteiger partial charge on any atom is -0.484 e. The number of ether oxygens (including phenoxy) is 1. The lowest BCUT2D eigenvalue weighted by Gasteiger charge is -2.56. The SMILES string of the molecule is CC(=O)N1CCC[C@@]2(C)[C@@H]1CCCN2C(=O)COc1cccc(F)c1. The number of hydrogen-bond acceptors (Lipinski definition) is 3. The van der Waals surface area contributed by atoms with E-state index < -0.39 is 0 Å². The molecule has 2 atom stereocenters. The summed E-state index contributed by atoms with van der Waals surface area (Å²) in [6.45, 7) is 4.99. The minimum atomic E-state index is -0.390. The number of carbonyl (C=O) groups is 2. The molecule has 0 aliphatic carbocycles. The fourth-order valence-corrected chi connectivity index (χ4v) is 4.31. The van der Waals surface area contributed by atoms with Crippen molar-refractivity contribution in [1.82, 2.24) is 9.80 Å². The normalized spacial score (nSPS) is 26.1. The Balaban J connectivity index is 1.72. The van der Waals surface area contributed by atoms with Gasteiger partial charge >= 0.3 is 0 Å². The van der Waals surface area contributed by atoms with Gasteiger partial charge in [0.25, 0.3) is 5.91 Å². The Hall–Kier alpha value is -2.11. The number of likely N-dealkylation sites (tertiary alicyclic amines) is 2. The van der Waals surface area contributed by atoms with Crippen LogP contribution in [0.4, 0.5) is 4.39 Å². The van der Waals surface area contributed by atoms with Crippen molar-refractivity contribution in [3.8, 4) is 5.75 Å². The molecule has 6 heteroatoms. The lowest BCUT2D eigenvalue weighted by molar-refractivity contribution is -0.156. The van der Waals surface area contributed by atoms with Crippen LogP contribution in [0.25, 0.3) is 0 Å². The van der Waals surface area contributed by atoms with Crippen molar-refractivity contribution in [3.63, 3.8) is 0 Å². The van der Waals surface area contributed by atoms with E-state index in [1.54, 1.807) is 19.1 Å². The first-order valence-corrected chi connectivity index (χ1v) is 8.88. The van der Waals surface area contributed by atoms with Crippen molar-refractivity contribution >= 4 is 11.8 Å². The van der Waals surface area contributed by atoms with Crippen LogP contribution in [0, 0.1) is 5.82 Å². The van der Waals surface area contributed by atoms with Gasteiger partial charge in [-0.05, 0) is 44.7 Å². The summed E-state index contributed by atoms with van der Waals surface area (Å²) in [7, 11) is 0. The van der Waals surface area contributed by atoms with E-state index in [-0.39, 0.29) is 35.8 Å². The Morgan fingerprint density at radius 2 is 2.12 bits per heavy atom. The number of fused-ring (bicyclic) bond motifs is 1. The number of halogens is 1. The molecule has 0 unspecified atom stereocenters. The van der Waals surface area contributed by atoms with Crippen molar-refractivity contribution in [2.75, 3.05) is 19.7 Å². The van der Waals surface area contributed by atoms with Crippen LogP contribution in [0.15, 0.2) is 24.3 Å². The second-order valence-electron chi connectivity index (χ2n) is 7.12. The van der Waals surface area contributed by atoms with E-state index in [1.165, 1.54) is 12.1 Å². The predicted molar refractivity (Wildman–Crippen MR) is 91.7 cm³/mol. The largest absolute Gasteiger partial charge is 0.484 e. The molecule has 2 aliphatic heterocycles. The van der Waals surface area contributed by atoms with E-state index in [2.05, 4.69) is 6.92 Å². The van der Waals surface area contributed by atoms with E-state index in [1.807, 2.05) is 9.80 Å². The molecule has 0 bridgehead atoms. The van der Waals surface area contributed by atoms with Gasteiger partial charge in [-0.2, -0.15) is 0 Å². The summed E-state index contributed by atoms with van der Waals surface area (Å²) >= 11 is 0. The van der Waals surface area contributed by atoms with Gasteiger partial charge in [0.15, 0.2) is 6.61 Å². The number of nitrogens with zero attached hydrogens (tertiary/aromatic N) is 2. The number of carbonyl (C=O) groups excluding carboxylic acids is 2. The highest BCUT2D eigenvalue weighted by molar-refractivity contribution is 5.79. The third-order valence-electron chi connectivity index (χ3n) is 5.52. The first kappa shape index (κ1) is 17.7. The van der Waals surface area contributed by atoms with Crippen LogP contribution < -0.4 is 4.74 Å². The second-order valence-corrected chi connectivity index (χ2v) is 7.12. The van der Waals surface area contributed by atoms with E-state index in [4.69, 9.17) is 4.74 Å². The summed E-state index contributed by atoms with van der Waals surface area (Å²) in [5, 5.41) is 0. The van der Waals surface area contributed by atoms with Crippen molar-refractivity contribution in [2.24, 2.45) is 0 Å². The van der Waals surface area contributed by atoms with Crippen molar-refractivity contribution in [2.45, 2.75) is 51.1 Å². The summed E-state index contributed by atoms with van der Waals surface area (Å²) in [6.07, 6.45) is 3.56. The van der Waals surface area contributed by atoms with Gasteiger partial charge in [-0.25, -0.2) is 4.39 Å². The average molecular weight is 348 g/mol. The molecule has 0 aromatic heterocycles. The Bertz CT molecular complexity index is 666. The zero-order valence-corrected chi connectivity index (χ0v) is 14.8. The Kier molecular flexibility index (Phi) is 4.97. The monoisotopic (exact) mass is 348 g/mol. The number of amides is 2. The standard InChI is InChI=1S/C19H25FN2O3/c1-14(23)21-10-5-9-19(2)17(21)8-4-11-22(19)18(24)13-25-16-7-3-6-15(20)12-16/h3,6-7,12,17H,4-5,8-11,13H2,1-2H3/t17-,19-/m0/s1. The quantitative estimate of drug-likeness (QED) is 0.844. The van der Waals surface area contributed by atoms with E-state index in [9.17, 15) is 14.0 Å². The van der Waals surface area contributed by atoms with Gasteiger partial charge in [-0.15, -0.1) is 0 Å². The van der Waals surface area contributed by atoms with Crippen LogP contribution in [0.5, 0.6) is 5.75 Å². The average Bonchev–Trinajstić information content (AvgIpc) is 2.58. The van der Waals surface area contributed by atoms with Crippen LogP contribution in [-0.4, -0.2) is 52.9 Å². The van der Waals surface area contributed by atoms with E-state index >= 15 is 0 Å². The zero-order valence-electron chi connectivity index (χ0n) is 14.8. The zero-order chi connectivity index (χ0) is 18.0. The van der Waals surface area contributed by atoms with Gasteiger partial charge in [-0.3, -0.25) is 9.59 Å². The van der Waals surface area contributed by atoms with Gasteiger partial charge in [0, 0.05) is 26.1 Å². The third kappa shape index (κ3) is 3.48. The highest BCUT2D eigenvalue weighted by atomic mass is 19.1. The molecular weight excluding hydrogens is 323 g/mol. The highest BCUT2D eigenvalue weighted by Crippen LogP contribution is 2.39. The van der Waals surface area contributed by atoms with Crippen molar-refractivity contribution in [1.29, 1.82) is 0 Å². The molecule has 1 aromatic rings. The lowest BCUT2D eigenvalue weighted by atomic mass is 9.76. The molecule has 0 spiro atoms. The van der Waals surface area contributed by atoms with Crippen LogP contribution in [-0.2, 0) is 9.59 Å². The van der Waals surface area contributed by atoms with E-state index in [0.717, 1.165) is 32.2 Å². The Morgan fingerprint density at radius 1 is 1.32 bits per heavy atom. The molecule has 5 nitrogen and oxygen atoms in total. The van der Waals surface area contributed by atoms with E-state index in [0.29, 0.717) is 12.3 Å². The summed E-state index contributed by atoms with van der Waals surface area (Å²) in [6, 6.07) is 5.86. The van der Waals surface area contributed by atoms with Crippen LogP contribution >= 0.6 is 0 Å². The molecule has 2 heterocycles. The summed E-state index contributed by atoms with van der Waals surface area (Å²) in [4.78, 5) is 28.6. The smallest absolute Gasteiger partial charge is 0.261 e. The van der Waals surface area contributed by atoms with Gasteiger partial charge in [-0.1, -0.05) is 6.07 Å². The molecule has 25 heavy (non-hydrogen) atoms. The van der Waals surface area contributed by atoms with Gasteiger partial charge in [0.2, 0.25) is 5.91 Å². The maximum Gasteiger partial charge on any atom is 0.261 e. The fraction of sp³-hybridized carbons (Fsp3) is 0.579. The maximum atomic E-state index is 13.2. The molecule has 2 aliphatic rings. The lowest BCUT2D eigenvalue weighted by Crippen LogP contribution is -2.68. The molecule has 2 fully saturated rings. The number of rotatable bonds is 3. The molecular formula is C19H25FN2O3. The summed E-state index contributed by atoms with van der Waals surface area (Å²) < 4.78 is 18.7. The minimum absolute atomic E-state index is 0.0608. The van der Waals surface area contributed by atoms with Crippen LogP contribution in [0.3, 0.4) is 0 Å². The number of benzene rings is 1. The molecule has 2 saturated heterocycles. The molecule has 1 aromatic carbocycles. The molecule has 0 radical (unpaired) electrons. The second kappa shape index (κ2) is 7.02. The van der Waals surface area contributed by atoms with Gasteiger partial charge < -0.3 is 14.5 Å². The van der Waals surface area contributed by atoms with Crippen molar-refractivity contribution in [3.05, 3.63) is 30.1 Å². The number of hydrogen-bond donors (Lipinski definition) is 0. The first-order chi connectivity index (χ1) is 11.9. The molecule has 0 N–H and O–H groups in total. The van der Waals surface area contributed by atoms with Gasteiger partial charge in [0.1, 0.15) is 11.6 Å². The fourth-order valence-electron chi connectivity index (χ4n) is 4.31. The van der Waals surface area contributed by atoms with Gasteiger partial charge in [0.05, 0.1) is 11.6 Å². The molecule has 2 amide bonds. The molecule has 136 valence electrons. The molecule has 3 rings (SSSR count). The highest BCUT2D eigenvalue weighted by Gasteiger charge is 2.49. The summed E-state index contributed by atoms with van der Waals surface area (Å²) in [5.74, 6) is -0.0801. The first-order valence-electron chi connectivity index (χ1n) is 8.88. The molecule has 0 saturated carbocycles. The Morgan fingerprint density at radius 3 is 2.84 bits per heavy atom. The van der Waals surface area contributed by atoms with Crippen LogP contribution in [0.1, 0.15) is 39.5 Å². The topological polar surface area (TPSA) is 49.9 Å².